The van der Waals surface area contributed by atoms with Gasteiger partial charge in [-0.2, -0.15) is 0 Å². The van der Waals surface area contributed by atoms with Crippen molar-refractivity contribution >= 4 is 0 Å². The van der Waals surface area contributed by atoms with Gasteiger partial charge in [-0.1, -0.05) is 43.1 Å². The van der Waals surface area contributed by atoms with Crippen molar-refractivity contribution in [2.75, 3.05) is 13.2 Å². The Kier molecular flexibility index (Phi) is 5.36. The van der Waals surface area contributed by atoms with E-state index in [-0.39, 0.29) is 5.79 Å². The first-order chi connectivity index (χ1) is 12.5. The summed E-state index contributed by atoms with van der Waals surface area (Å²) in [6, 6.07) is 0. The van der Waals surface area contributed by atoms with E-state index in [2.05, 4.69) is 20.8 Å². The summed E-state index contributed by atoms with van der Waals surface area (Å²) in [5.41, 5.74) is 7.69. The molecule has 0 aromatic carbocycles. The fourth-order valence-electron chi connectivity index (χ4n) is 5.82. The Labute approximate surface area is 160 Å². The van der Waals surface area contributed by atoms with E-state index in [9.17, 15) is 0 Å². The van der Waals surface area contributed by atoms with E-state index in [1.54, 1.807) is 11.1 Å². The summed E-state index contributed by atoms with van der Waals surface area (Å²) in [6.45, 7) is 8.85. The molecule has 2 heteroatoms. The van der Waals surface area contributed by atoms with Gasteiger partial charge in [0, 0.05) is 12.8 Å². The Morgan fingerprint density at radius 1 is 0.654 bits per heavy atom. The molecule has 0 N–H and O–H groups in total. The highest BCUT2D eigenvalue weighted by atomic mass is 16.7. The molecular weight excluding hydrogens is 320 g/mol. The van der Waals surface area contributed by atoms with Crippen LogP contribution in [-0.4, -0.2) is 19.0 Å². The van der Waals surface area contributed by atoms with Crippen LogP contribution in [-0.2, 0) is 9.47 Å². The summed E-state index contributed by atoms with van der Waals surface area (Å²) in [5, 5.41) is 0. The van der Waals surface area contributed by atoms with Gasteiger partial charge in [0.1, 0.15) is 0 Å². The molecule has 0 atom stereocenters. The largest absolute Gasteiger partial charge is 0.348 e. The van der Waals surface area contributed by atoms with E-state index in [4.69, 9.17) is 9.47 Å². The fraction of sp³-hybridized carbons (Fsp3) is 0.833. The van der Waals surface area contributed by atoms with Crippen LogP contribution in [0.1, 0.15) is 97.8 Å². The molecule has 1 saturated heterocycles. The van der Waals surface area contributed by atoms with E-state index in [0.717, 1.165) is 32.0 Å². The van der Waals surface area contributed by atoms with Gasteiger partial charge in [-0.25, -0.2) is 0 Å². The molecule has 0 aromatic rings. The zero-order valence-electron chi connectivity index (χ0n) is 17.3. The van der Waals surface area contributed by atoms with Crippen molar-refractivity contribution in [2.45, 2.75) is 104 Å². The molecule has 4 rings (SSSR count). The molecule has 3 aliphatic carbocycles. The molecule has 146 valence electrons. The second-order valence-electron chi connectivity index (χ2n) is 10.2. The number of hydrogen-bond acceptors (Lipinski definition) is 2. The van der Waals surface area contributed by atoms with Crippen molar-refractivity contribution in [3.63, 3.8) is 0 Å². The van der Waals surface area contributed by atoms with Crippen LogP contribution in [0.3, 0.4) is 0 Å². The van der Waals surface area contributed by atoms with Gasteiger partial charge in [0.2, 0.25) is 0 Å². The number of rotatable bonds is 0. The SMILES string of the molecule is CC(C)(C)C1CCC(=C2CCC(=C3CCC4(CC3)OCCO4)CC2)CC1. The molecule has 0 amide bonds. The van der Waals surface area contributed by atoms with Crippen LogP contribution in [0.25, 0.3) is 0 Å². The minimum Gasteiger partial charge on any atom is -0.348 e. The number of ether oxygens (including phenoxy) is 2. The van der Waals surface area contributed by atoms with Gasteiger partial charge in [-0.05, 0) is 75.5 Å². The van der Waals surface area contributed by atoms with E-state index in [1.807, 2.05) is 11.1 Å². The zero-order chi connectivity index (χ0) is 18.2. The monoisotopic (exact) mass is 358 g/mol. The van der Waals surface area contributed by atoms with Gasteiger partial charge < -0.3 is 9.47 Å². The third kappa shape index (κ3) is 3.97. The van der Waals surface area contributed by atoms with Crippen molar-refractivity contribution in [2.24, 2.45) is 11.3 Å². The normalized spacial score (nSPS) is 30.3. The molecule has 4 fully saturated rings. The van der Waals surface area contributed by atoms with Crippen molar-refractivity contribution in [3.8, 4) is 0 Å². The van der Waals surface area contributed by atoms with Gasteiger partial charge >= 0.3 is 0 Å². The fourth-order valence-corrected chi connectivity index (χ4v) is 5.82. The van der Waals surface area contributed by atoms with Crippen LogP contribution in [0.15, 0.2) is 22.3 Å². The minimum absolute atomic E-state index is 0.211. The van der Waals surface area contributed by atoms with E-state index in [1.165, 1.54) is 64.2 Å². The lowest BCUT2D eigenvalue weighted by atomic mass is 9.69. The Morgan fingerprint density at radius 2 is 1.08 bits per heavy atom. The average molecular weight is 359 g/mol. The number of allylic oxidation sites excluding steroid dienone is 4. The molecule has 0 radical (unpaired) electrons. The summed E-state index contributed by atoms with van der Waals surface area (Å²) in [4.78, 5) is 0. The van der Waals surface area contributed by atoms with Gasteiger partial charge in [0.15, 0.2) is 5.79 Å². The van der Waals surface area contributed by atoms with E-state index in [0.29, 0.717) is 5.41 Å². The van der Waals surface area contributed by atoms with Crippen LogP contribution >= 0.6 is 0 Å². The van der Waals surface area contributed by atoms with Gasteiger partial charge in [0.25, 0.3) is 0 Å². The third-order valence-corrected chi connectivity index (χ3v) is 7.70. The van der Waals surface area contributed by atoms with E-state index >= 15 is 0 Å². The predicted octanol–water partition coefficient (Wildman–Crippen LogP) is 6.71. The molecule has 26 heavy (non-hydrogen) atoms. The topological polar surface area (TPSA) is 18.5 Å². The predicted molar refractivity (Wildman–Crippen MR) is 107 cm³/mol. The van der Waals surface area contributed by atoms with Crippen LogP contribution in [0.2, 0.25) is 0 Å². The summed E-state index contributed by atoms with van der Waals surface area (Å²) in [5.74, 6) is 0.708. The highest BCUT2D eigenvalue weighted by Crippen LogP contribution is 2.45. The Hall–Kier alpha value is -0.600. The molecule has 1 aliphatic heterocycles. The first-order valence-electron chi connectivity index (χ1n) is 11.1. The highest BCUT2D eigenvalue weighted by molar-refractivity contribution is 5.27. The van der Waals surface area contributed by atoms with Gasteiger partial charge in [0.05, 0.1) is 13.2 Å². The quantitative estimate of drug-likeness (QED) is 0.448. The van der Waals surface area contributed by atoms with Gasteiger partial charge in [-0.15, -0.1) is 0 Å². The Bertz CT molecular complexity index is 550. The summed E-state index contributed by atoms with van der Waals surface area (Å²) < 4.78 is 11.8. The van der Waals surface area contributed by atoms with Crippen molar-refractivity contribution in [1.82, 2.24) is 0 Å². The number of hydrogen-bond donors (Lipinski definition) is 0. The third-order valence-electron chi connectivity index (χ3n) is 7.70. The molecule has 4 aliphatic rings. The summed E-state index contributed by atoms with van der Waals surface area (Å²) in [6.07, 6.45) is 15.5. The first-order valence-corrected chi connectivity index (χ1v) is 11.1. The molecule has 0 bridgehead atoms. The second kappa shape index (κ2) is 7.43. The maximum Gasteiger partial charge on any atom is 0.169 e. The summed E-state index contributed by atoms with van der Waals surface area (Å²) >= 11 is 0. The first kappa shape index (κ1) is 18.7. The smallest absolute Gasteiger partial charge is 0.169 e. The standard InChI is InChI=1S/C24H38O2/c1-23(2,3)22-10-8-20(9-11-22)18-4-6-19(7-5-18)21-12-14-24(15-13-21)25-16-17-26-24/h22H,4-17H2,1-3H3. The average Bonchev–Trinajstić information content (AvgIpc) is 3.10. The summed E-state index contributed by atoms with van der Waals surface area (Å²) in [7, 11) is 0. The lowest BCUT2D eigenvalue weighted by molar-refractivity contribution is -0.171. The Morgan fingerprint density at radius 3 is 1.54 bits per heavy atom. The van der Waals surface area contributed by atoms with E-state index < -0.39 is 0 Å². The van der Waals surface area contributed by atoms with Crippen molar-refractivity contribution in [1.29, 1.82) is 0 Å². The molecule has 2 nitrogen and oxygen atoms in total. The maximum atomic E-state index is 5.89. The molecule has 0 unspecified atom stereocenters. The minimum atomic E-state index is -0.211. The van der Waals surface area contributed by atoms with Crippen LogP contribution in [0.4, 0.5) is 0 Å². The van der Waals surface area contributed by atoms with Crippen LogP contribution in [0.5, 0.6) is 0 Å². The zero-order valence-corrected chi connectivity index (χ0v) is 17.3. The lowest BCUT2D eigenvalue weighted by Crippen LogP contribution is -2.33. The second-order valence-corrected chi connectivity index (χ2v) is 10.2. The Balaban J connectivity index is 1.32. The molecule has 3 saturated carbocycles. The highest BCUT2D eigenvalue weighted by Gasteiger charge is 2.39. The molecule has 0 aromatic heterocycles. The van der Waals surface area contributed by atoms with Crippen molar-refractivity contribution in [3.05, 3.63) is 22.3 Å². The van der Waals surface area contributed by atoms with Crippen molar-refractivity contribution < 1.29 is 9.47 Å². The molecule has 1 heterocycles. The lowest BCUT2D eigenvalue weighted by Gasteiger charge is -2.37. The van der Waals surface area contributed by atoms with Crippen LogP contribution in [0, 0.1) is 11.3 Å². The molecular formula is C24H38O2. The molecule has 1 spiro atoms. The van der Waals surface area contributed by atoms with Crippen LogP contribution < -0.4 is 0 Å². The maximum absolute atomic E-state index is 5.89. The van der Waals surface area contributed by atoms with Gasteiger partial charge in [-0.3, -0.25) is 0 Å².